The van der Waals surface area contributed by atoms with Crippen LogP contribution in [-0.2, 0) is 5.41 Å². The molecule has 130 valence electrons. The lowest BCUT2D eigenvalue weighted by atomic mass is 9.87. The fraction of sp³-hybridized carbons (Fsp3) is 0.200. The molecular formula is C20H18N4OS. The van der Waals surface area contributed by atoms with Crippen LogP contribution in [0.2, 0.25) is 0 Å². The highest BCUT2D eigenvalue weighted by Gasteiger charge is 2.13. The van der Waals surface area contributed by atoms with E-state index in [1.807, 2.05) is 30.3 Å². The number of nitrogens with zero attached hydrogens (tertiary/aromatic N) is 4. The Hall–Kier alpha value is -2.86. The second-order valence-electron chi connectivity index (χ2n) is 7.15. The molecule has 0 atom stereocenters. The van der Waals surface area contributed by atoms with E-state index in [1.54, 1.807) is 12.4 Å². The van der Waals surface area contributed by atoms with Gasteiger partial charge in [0.15, 0.2) is 5.82 Å². The molecule has 3 aromatic heterocycles. The molecule has 0 fully saturated rings. The van der Waals surface area contributed by atoms with Crippen molar-refractivity contribution in [3.8, 4) is 11.4 Å². The van der Waals surface area contributed by atoms with Crippen molar-refractivity contribution in [2.45, 2.75) is 26.2 Å². The van der Waals surface area contributed by atoms with Gasteiger partial charge in [0.1, 0.15) is 0 Å². The topological polar surface area (TPSA) is 60.1 Å². The SMILES string of the molecule is CC(C)(C)c1ccc(C=c2sc3nc(-c4ccncc4)nn3c2=O)cc1. The van der Waals surface area contributed by atoms with E-state index in [0.717, 1.165) is 11.1 Å². The zero-order valence-corrected chi connectivity index (χ0v) is 15.6. The first kappa shape index (κ1) is 16.6. The summed E-state index contributed by atoms with van der Waals surface area (Å²) in [7, 11) is 0. The molecule has 0 aliphatic heterocycles. The molecule has 5 nitrogen and oxygen atoms in total. The molecule has 0 aliphatic rings. The minimum absolute atomic E-state index is 0.110. The standard InChI is InChI=1S/C20H18N4OS/c1-20(2,3)15-6-4-13(5-7-15)12-16-18(25)24-19(26-16)22-17(23-24)14-8-10-21-11-9-14/h4-12H,1-3H3. The van der Waals surface area contributed by atoms with E-state index in [2.05, 4.69) is 48.0 Å². The van der Waals surface area contributed by atoms with Gasteiger partial charge in [-0.1, -0.05) is 56.4 Å². The summed E-state index contributed by atoms with van der Waals surface area (Å²) in [6, 6.07) is 11.9. The average molecular weight is 362 g/mol. The fourth-order valence-electron chi connectivity index (χ4n) is 2.69. The Labute approximate surface area is 154 Å². The van der Waals surface area contributed by atoms with Gasteiger partial charge in [-0.3, -0.25) is 9.78 Å². The number of thiazole rings is 1. The third kappa shape index (κ3) is 3.04. The van der Waals surface area contributed by atoms with E-state index in [4.69, 9.17) is 0 Å². The van der Waals surface area contributed by atoms with E-state index < -0.39 is 0 Å². The van der Waals surface area contributed by atoms with Gasteiger partial charge >= 0.3 is 0 Å². The first-order valence-electron chi connectivity index (χ1n) is 8.34. The van der Waals surface area contributed by atoms with Crippen molar-refractivity contribution in [1.29, 1.82) is 0 Å². The maximum Gasteiger partial charge on any atom is 0.291 e. The largest absolute Gasteiger partial charge is 0.291 e. The summed E-state index contributed by atoms with van der Waals surface area (Å²) >= 11 is 1.35. The predicted octanol–water partition coefficient (Wildman–Crippen LogP) is 3.06. The van der Waals surface area contributed by atoms with Crippen molar-refractivity contribution in [1.82, 2.24) is 19.6 Å². The zero-order valence-electron chi connectivity index (χ0n) is 14.8. The molecule has 0 unspecified atom stereocenters. The van der Waals surface area contributed by atoms with Gasteiger partial charge in [0, 0.05) is 18.0 Å². The van der Waals surface area contributed by atoms with Crippen LogP contribution in [0.3, 0.4) is 0 Å². The maximum absolute atomic E-state index is 12.6. The molecule has 1 aromatic carbocycles. The van der Waals surface area contributed by atoms with E-state index in [-0.39, 0.29) is 11.0 Å². The molecule has 0 aliphatic carbocycles. The Balaban J connectivity index is 1.74. The molecule has 0 bridgehead atoms. The number of benzene rings is 1. The summed E-state index contributed by atoms with van der Waals surface area (Å²) in [6.07, 6.45) is 5.26. The van der Waals surface area contributed by atoms with Gasteiger partial charge in [-0.2, -0.15) is 9.50 Å². The van der Waals surface area contributed by atoms with E-state index in [1.165, 1.54) is 21.4 Å². The molecule has 3 heterocycles. The lowest BCUT2D eigenvalue weighted by molar-refractivity contribution is 0.590. The average Bonchev–Trinajstić information content (AvgIpc) is 3.16. The third-order valence-electron chi connectivity index (χ3n) is 4.19. The van der Waals surface area contributed by atoms with Crippen molar-refractivity contribution in [3.05, 3.63) is 74.8 Å². The minimum atomic E-state index is -0.141. The summed E-state index contributed by atoms with van der Waals surface area (Å²) in [5.41, 5.74) is 3.07. The van der Waals surface area contributed by atoms with Crippen LogP contribution in [0.25, 0.3) is 22.4 Å². The molecule has 0 spiro atoms. The van der Waals surface area contributed by atoms with Gasteiger partial charge < -0.3 is 0 Å². The Bertz CT molecular complexity index is 1170. The van der Waals surface area contributed by atoms with Gasteiger partial charge in [-0.15, -0.1) is 5.10 Å². The number of hydrogen-bond acceptors (Lipinski definition) is 5. The zero-order chi connectivity index (χ0) is 18.3. The Morgan fingerprint density at radius 2 is 1.73 bits per heavy atom. The predicted molar refractivity (Wildman–Crippen MR) is 104 cm³/mol. The molecule has 0 amide bonds. The molecule has 0 saturated carbocycles. The first-order chi connectivity index (χ1) is 12.4. The van der Waals surface area contributed by atoms with Crippen LogP contribution in [0.15, 0.2) is 53.6 Å². The Kier molecular flexibility index (Phi) is 3.92. The molecule has 0 saturated heterocycles. The van der Waals surface area contributed by atoms with Crippen molar-refractivity contribution in [3.63, 3.8) is 0 Å². The lowest BCUT2D eigenvalue weighted by Crippen LogP contribution is -2.23. The van der Waals surface area contributed by atoms with Crippen LogP contribution in [0.4, 0.5) is 0 Å². The van der Waals surface area contributed by atoms with Gasteiger partial charge in [0.05, 0.1) is 4.53 Å². The van der Waals surface area contributed by atoms with Gasteiger partial charge in [-0.25, -0.2) is 0 Å². The third-order valence-corrected chi connectivity index (χ3v) is 5.15. The van der Waals surface area contributed by atoms with Crippen LogP contribution >= 0.6 is 11.3 Å². The van der Waals surface area contributed by atoms with Crippen molar-refractivity contribution in [2.75, 3.05) is 0 Å². The molecule has 4 aromatic rings. The second kappa shape index (κ2) is 6.14. The monoisotopic (exact) mass is 362 g/mol. The summed E-state index contributed by atoms with van der Waals surface area (Å²) in [5.74, 6) is 0.539. The second-order valence-corrected chi connectivity index (χ2v) is 8.16. The molecule has 26 heavy (non-hydrogen) atoms. The van der Waals surface area contributed by atoms with Crippen molar-refractivity contribution < 1.29 is 0 Å². The van der Waals surface area contributed by atoms with E-state index in [0.29, 0.717) is 15.3 Å². The van der Waals surface area contributed by atoms with Gasteiger partial charge in [-0.05, 0) is 34.8 Å². The summed E-state index contributed by atoms with van der Waals surface area (Å²) in [4.78, 5) is 21.7. The van der Waals surface area contributed by atoms with Crippen LogP contribution in [0, 0.1) is 0 Å². The van der Waals surface area contributed by atoms with Crippen molar-refractivity contribution >= 4 is 22.4 Å². The molecule has 4 rings (SSSR count). The number of aromatic nitrogens is 4. The van der Waals surface area contributed by atoms with E-state index >= 15 is 0 Å². The normalized spacial score (nSPS) is 12.8. The van der Waals surface area contributed by atoms with Crippen LogP contribution in [-0.4, -0.2) is 19.6 Å². The summed E-state index contributed by atoms with van der Waals surface area (Å²) in [5, 5.41) is 4.35. The van der Waals surface area contributed by atoms with Gasteiger partial charge in [0.2, 0.25) is 4.96 Å². The highest BCUT2D eigenvalue weighted by atomic mass is 32.1. The van der Waals surface area contributed by atoms with Crippen LogP contribution < -0.4 is 10.1 Å². The van der Waals surface area contributed by atoms with Gasteiger partial charge in [0.25, 0.3) is 5.56 Å². The van der Waals surface area contributed by atoms with Crippen molar-refractivity contribution in [2.24, 2.45) is 0 Å². The number of fused-ring (bicyclic) bond motifs is 1. The summed E-state index contributed by atoms with van der Waals surface area (Å²) in [6.45, 7) is 6.55. The first-order valence-corrected chi connectivity index (χ1v) is 9.16. The highest BCUT2D eigenvalue weighted by molar-refractivity contribution is 7.15. The smallest absolute Gasteiger partial charge is 0.266 e. The van der Waals surface area contributed by atoms with E-state index in [9.17, 15) is 4.79 Å². The number of rotatable bonds is 2. The quantitative estimate of drug-likeness (QED) is 0.550. The highest BCUT2D eigenvalue weighted by Crippen LogP contribution is 2.22. The fourth-order valence-corrected chi connectivity index (χ4v) is 3.60. The molecule has 0 radical (unpaired) electrons. The minimum Gasteiger partial charge on any atom is -0.266 e. The molecule has 0 N–H and O–H groups in total. The Morgan fingerprint density at radius 1 is 1.04 bits per heavy atom. The molecule has 6 heteroatoms. The summed E-state index contributed by atoms with van der Waals surface area (Å²) < 4.78 is 2.00. The van der Waals surface area contributed by atoms with Crippen LogP contribution in [0.1, 0.15) is 31.9 Å². The number of pyridine rings is 1. The number of hydrogen-bond donors (Lipinski definition) is 0. The molecular weight excluding hydrogens is 344 g/mol. The Morgan fingerprint density at radius 3 is 2.35 bits per heavy atom. The maximum atomic E-state index is 12.6. The van der Waals surface area contributed by atoms with Crippen LogP contribution in [0.5, 0.6) is 0 Å². The lowest BCUT2D eigenvalue weighted by Gasteiger charge is -2.18.